The molecule has 0 radical (unpaired) electrons. The summed E-state index contributed by atoms with van der Waals surface area (Å²) >= 11 is 6.36. The first-order chi connectivity index (χ1) is 17.0. The van der Waals surface area contributed by atoms with Crippen molar-refractivity contribution in [2.24, 2.45) is 0 Å². The Labute approximate surface area is 218 Å². The van der Waals surface area contributed by atoms with Crippen LogP contribution in [-0.2, 0) is 26.2 Å². The van der Waals surface area contributed by atoms with Crippen molar-refractivity contribution in [3.8, 4) is 0 Å². The molecule has 3 aromatic rings. The summed E-state index contributed by atoms with van der Waals surface area (Å²) in [5, 5.41) is 4.92. The number of amides is 2. The van der Waals surface area contributed by atoms with Crippen LogP contribution in [0.15, 0.2) is 66.7 Å². The number of hydrogen-bond acceptors (Lipinski definition) is 4. The van der Waals surface area contributed by atoms with Crippen LogP contribution in [0.4, 0.5) is 5.69 Å². The highest BCUT2D eigenvalue weighted by Gasteiger charge is 2.31. The second-order valence-corrected chi connectivity index (χ2v) is 11.2. The van der Waals surface area contributed by atoms with Crippen LogP contribution in [0.5, 0.6) is 0 Å². The molecule has 0 heterocycles. The molecule has 1 N–H and O–H groups in total. The van der Waals surface area contributed by atoms with Gasteiger partial charge in [-0.15, -0.1) is 0 Å². The zero-order valence-electron chi connectivity index (χ0n) is 20.9. The van der Waals surface area contributed by atoms with Crippen LogP contribution in [0, 0.1) is 0 Å². The summed E-state index contributed by atoms with van der Waals surface area (Å²) in [7, 11) is -3.83. The monoisotopic (exact) mass is 529 g/mol. The van der Waals surface area contributed by atoms with Gasteiger partial charge in [-0.2, -0.15) is 0 Å². The number of fused-ring (bicyclic) bond motifs is 1. The van der Waals surface area contributed by atoms with Crippen molar-refractivity contribution in [1.29, 1.82) is 0 Å². The number of nitrogens with one attached hydrogen (secondary N) is 1. The van der Waals surface area contributed by atoms with Crippen molar-refractivity contribution < 1.29 is 18.0 Å². The first kappa shape index (κ1) is 27.5. The van der Waals surface area contributed by atoms with Crippen molar-refractivity contribution in [3.63, 3.8) is 0 Å². The molecule has 9 heteroatoms. The van der Waals surface area contributed by atoms with Gasteiger partial charge >= 0.3 is 0 Å². The van der Waals surface area contributed by atoms with E-state index in [0.29, 0.717) is 21.7 Å². The van der Waals surface area contributed by atoms with Crippen LogP contribution in [0.2, 0.25) is 5.02 Å². The second-order valence-electron chi connectivity index (χ2n) is 8.87. The minimum Gasteiger partial charge on any atom is -0.352 e. The number of anilines is 1. The Morgan fingerprint density at radius 3 is 2.28 bits per heavy atom. The van der Waals surface area contributed by atoms with Crippen molar-refractivity contribution in [2.45, 2.75) is 45.8 Å². The number of benzene rings is 3. The fraction of sp³-hybridized carbons (Fsp3) is 0.333. The molecular weight excluding hydrogens is 498 g/mol. The first-order valence-electron chi connectivity index (χ1n) is 11.8. The summed E-state index contributed by atoms with van der Waals surface area (Å²) in [6.07, 6.45) is 1.80. The van der Waals surface area contributed by atoms with E-state index in [1.165, 1.54) is 4.90 Å². The van der Waals surface area contributed by atoms with Crippen LogP contribution < -0.4 is 9.62 Å². The Hall–Kier alpha value is -3.10. The lowest BCUT2D eigenvalue weighted by molar-refractivity contribution is -0.139. The third kappa shape index (κ3) is 6.56. The maximum atomic E-state index is 13.7. The lowest BCUT2D eigenvalue weighted by atomic mass is 10.1. The number of halogens is 1. The van der Waals surface area contributed by atoms with Crippen molar-refractivity contribution >= 4 is 49.9 Å². The smallest absolute Gasteiger partial charge is 0.244 e. The second kappa shape index (κ2) is 11.8. The summed E-state index contributed by atoms with van der Waals surface area (Å²) in [5.41, 5.74) is 1.06. The molecule has 2 atom stereocenters. The molecule has 3 rings (SSSR count). The van der Waals surface area contributed by atoms with E-state index in [1.54, 1.807) is 43.3 Å². The quantitative estimate of drug-likeness (QED) is 0.416. The first-order valence-corrected chi connectivity index (χ1v) is 14.0. The highest BCUT2D eigenvalue weighted by atomic mass is 35.5. The summed E-state index contributed by atoms with van der Waals surface area (Å²) in [5.74, 6) is -0.832. The van der Waals surface area contributed by atoms with Gasteiger partial charge in [-0.3, -0.25) is 13.9 Å². The summed E-state index contributed by atoms with van der Waals surface area (Å²) in [6, 6.07) is 18.8. The normalized spacial score (nSPS) is 13.1. The number of rotatable bonds is 10. The molecule has 0 aliphatic rings. The van der Waals surface area contributed by atoms with E-state index in [4.69, 9.17) is 11.6 Å². The minimum atomic E-state index is -3.83. The molecule has 0 spiro atoms. The van der Waals surface area contributed by atoms with Gasteiger partial charge in [-0.25, -0.2) is 8.42 Å². The highest BCUT2D eigenvalue weighted by Crippen LogP contribution is 2.29. The fourth-order valence-electron chi connectivity index (χ4n) is 3.88. The minimum absolute atomic E-state index is 0.0563. The molecule has 192 valence electrons. The van der Waals surface area contributed by atoms with E-state index in [-0.39, 0.29) is 18.5 Å². The predicted octanol–water partition coefficient (Wildman–Crippen LogP) is 4.59. The molecule has 0 fully saturated rings. The molecule has 0 saturated carbocycles. The average Bonchev–Trinajstić information content (AvgIpc) is 2.85. The number of carbonyl (C=O) groups excluding carboxylic acids is 2. The van der Waals surface area contributed by atoms with Gasteiger partial charge in [0.25, 0.3) is 0 Å². The Balaban J connectivity index is 2.00. The van der Waals surface area contributed by atoms with E-state index >= 15 is 0 Å². The molecular formula is C27H32ClN3O4S. The van der Waals surface area contributed by atoms with Crippen LogP contribution in [0.25, 0.3) is 10.8 Å². The molecule has 0 aliphatic heterocycles. The SMILES string of the molecule is CC[C@@H](C)NC(=O)[C@H](C)N(Cc1ccccc1Cl)C(=O)CN(c1cccc2ccccc12)S(C)(=O)=O. The standard InChI is InChI=1S/C27H32ClN3O4S/c1-5-19(2)29-27(33)20(3)30(17-22-12-7-9-15-24(22)28)26(32)18-31(36(4,34)35)25-16-10-13-21-11-6-8-14-23(21)25/h6-16,19-20H,5,17-18H2,1-4H3,(H,29,33)/t19-,20+/m1/s1. The maximum Gasteiger partial charge on any atom is 0.244 e. The molecule has 0 unspecified atom stereocenters. The molecule has 0 aromatic heterocycles. The molecule has 7 nitrogen and oxygen atoms in total. The largest absolute Gasteiger partial charge is 0.352 e. The Kier molecular flexibility index (Phi) is 8.98. The lowest BCUT2D eigenvalue weighted by Crippen LogP contribution is -2.52. The Morgan fingerprint density at radius 1 is 0.972 bits per heavy atom. The van der Waals surface area contributed by atoms with Crippen LogP contribution in [0.1, 0.15) is 32.8 Å². The van der Waals surface area contributed by atoms with E-state index in [1.807, 2.05) is 44.2 Å². The van der Waals surface area contributed by atoms with Crippen molar-refractivity contribution in [1.82, 2.24) is 10.2 Å². The van der Waals surface area contributed by atoms with Gasteiger partial charge in [-0.05, 0) is 43.4 Å². The maximum absolute atomic E-state index is 13.7. The number of sulfonamides is 1. The number of nitrogens with zero attached hydrogens (tertiary/aromatic N) is 2. The lowest BCUT2D eigenvalue weighted by Gasteiger charge is -2.32. The Bertz CT molecular complexity index is 1340. The highest BCUT2D eigenvalue weighted by molar-refractivity contribution is 7.92. The number of hydrogen-bond donors (Lipinski definition) is 1. The summed E-state index contributed by atoms with van der Waals surface area (Å²) < 4.78 is 26.9. The molecule has 0 aliphatic carbocycles. The van der Waals surface area contributed by atoms with Crippen LogP contribution >= 0.6 is 11.6 Å². The summed E-state index contributed by atoms with van der Waals surface area (Å²) in [6.45, 7) is 5.07. The molecule has 3 aromatic carbocycles. The summed E-state index contributed by atoms with van der Waals surface area (Å²) in [4.78, 5) is 28.1. The predicted molar refractivity (Wildman–Crippen MR) is 145 cm³/mol. The van der Waals surface area contributed by atoms with Gasteiger partial charge in [0, 0.05) is 23.0 Å². The molecule has 2 amide bonds. The van der Waals surface area contributed by atoms with Crippen molar-refractivity contribution in [2.75, 3.05) is 17.1 Å². The van der Waals surface area contributed by atoms with Gasteiger partial charge in [-0.1, -0.05) is 73.1 Å². The van der Waals surface area contributed by atoms with E-state index < -0.39 is 28.5 Å². The van der Waals surface area contributed by atoms with Crippen LogP contribution in [-0.4, -0.2) is 50.0 Å². The third-order valence-electron chi connectivity index (χ3n) is 6.18. The van der Waals surface area contributed by atoms with E-state index in [2.05, 4.69) is 5.32 Å². The van der Waals surface area contributed by atoms with Crippen LogP contribution in [0.3, 0.4) is 0 Å². The molecule has 0 saturated heterocycles. The fourth-order valence-corrected chi connectivity index (χ4v) is 4.94. The number of carbonyl (C=O) groups is 2. The van der Waals surface area contributed by atoms with Crippen molar-refractivity contribution in [3.05, 3.63) is 77.3 Å². The topological polar surface area (TPSA) is 86.8 Å². The van der Waals surface area contributed by atoms with E-state index in [0.717, 1.165) is 22.4 Å². The van der Waals surface area contributed by atoms with Gasteiger partial charge in [0.2, 0.25) is 21.8 Å². The van der Waals surface area contributed by atoms with Gasteiger partial charge in [0.1, 0.15) is 12.6 Å². The zero-order chi connectivity index (χ0) is 26.5. The molecule has 0 bridgehead atoms. The molecule has 36 heavy (non-hydrogen) atoms. The van der Waals surface area contributed by atoms with Gasteiger partial charge < -0.3 is 10.2 Å². The van der Waals surface area contributed by atoms with E-state index in [9.17, 15) is 18.0 Å². The third-order valence-corrected chi connectivity index (χ3v) is 7.68. The Morgan fingerprint density at radius 2 is 1.61 bits per heavy atom. The zero-order valence-corrected chi connectivity index (χ0v) is 22.5. The average molecular weight is 530 g/mol. The van der Waals surface area contributed by atoms with Gasteiger partial charge in [0.05, 0.1) is 11.9 Å². The van der Waals surface area contributed by atoms with Gasteiger partial charge in [0.15, 0.2) is 0 Å².